The van der Waals surface area contributed by atoms with E-state index in [-0.39, 0.29) is 0 Å². The predicted octanol–water partition coefficient (Wildman–Crippen LogP) is 3.65. The van der Waals surface area contributed by atoms with Gasteiger partial charge in [-0.05, 0) is 41.8 Å². The largest absolute Gasteiger partial charge is 0.366 e. The second kappa shape index (κ2) is 5.57. The predicted molar refractivity (Wildman–Crippen MR) is 78.8 cm³/mol. The van der Waals surface area contributed by atoms with Crippen molar-refractivity contribution in [1.29, 1.82) is 0 Å². The molecular formula is C16H18N2O. The summed E-state index contributed by atoms with van der Waals surface area (Å²) in [6.45, 7) is 4.18. The van der Waals surface area contributed by atoms with Crippen molar-refractivity contribution in [2.45, 2.75) is 19.8 Å². The molecular weight excluding hydrogens is 236 g/mol. The number of rotatable bonds is 4. The zero-order valence-electron chi connectivity index (χ0n) is 11.2. The highest BCUT2D eigenvalue weighted by Gasteiger charge is 2.08. The molecule has 0 heterocycles. The van der Waals surface area contributed by atoms with Crippen molar-refractivity contribution in [2.24, 2.45) is 5.73 Å². The topological polar surface area (TPSA) is 55.1 Å². The van der Waals surface area contributed by atoms with E-state index in [0.717, 1.165) is 16.9 Å². The fourth-order valence-electron chi connectivity index (χ4n) is 1.89. The summed E-state index contributed by atoms with van der Waals surface area (Å²) in [5, 5.41) is 3.29. The molecule has 0 spiro atoms. The van der Waals surface area contributed by atoms with Crippen molar-refractivity contribution >= 4 is 17.3 Å². The molecule has 0 saturated heterocycles. The number of para-hydroxylation sites is 1. The van der Waals surface area contributed by atoms with Gasteiger partial charge >= 0.3 is 0 Å². The Morgan fingerprint density at radius 2 is 1.74 bits per heavy atom. The Bertz CT molecular complexity index is 577. The second-order valence-corrected chi connectivity index (χ2v) is 4.85. The highest BCUT2D eigenvalue weighted by molar-refractivity contribution is 5.94. The molecule has 0 unspecified atom stereocenters. The van der Waals surface area contributed by atoms with Crippen molar-refractivity contribution in [3.05, 3.63) is 59.7 Å². The molecule has 3 N–H and O–H groups in total. The Hall–Kier alpha value is -2.29. The molecule has 0 aliphatic rings. The van der Waals surface area contributed by atoms with Crippen molar-refractivity contribution in [1.82, 2.24) is 0 Å². The Morgan fingerprint density at radius 3 is 2.32 bits per heavy atom. The minimum absolute atomic E-state index is 0.343. The van der Waals surface area contributed by atoms with E-state index >= 15 is 0 Å². The van der Waals surface area contributed by atoms with Gasteiger partial charge in [-0.2, -0.15) is 0 Å². The monoisotopic (exact) mass is 254 g/mol. The summed E-state index contributed by atoms with van der Waals surface area (Å²) < 4.78 is 0. The molecule has 98 valence electrons. The molecule has 3 heteroatoms. The van der Waals surface area contributed by atoms with Crippen molar-refractivity contribution in [3.8, 4) is 0 Å². The molecule has 0 fully saturated rings. The van der Waals surface area contributed by atoms with E-state index in [9.17, 15) is 4.79 Å². The van der Waals surface area contributed by atoms with Crippen molar-refractivity contribution in [2.75, 3.05) is 5.32 Å². The molecule has 0 aromatic heterocycles. The first-order chi connectivity index (χ1) is 9.06. The van der Waals surface area contributed by atoms with Gasteiger partial charge in [-0.3, -0.25) is 4.79 Å². The van der Waals surface area contributed by atoms with Gasteiger partial charge in [0.1, 0.15) is 0 Å². The SMILES string of the molecule is CC(C)c1cc(Nc2ccccc2)cc(C(N)=O)c1. The summed E-state index contributed by atoms with van der Waals surface area (Å²) in [7, 11) is 0. The third-order valence-electron chi connectivity index (χ3n) is 2.97. The zero-order chi connectivity index (χ0) is 13.8. The molecule has 2 rings (SSSR count). The van der Waals surface area contributed by atoms with Crippen LogP contribution in [0.5, 0.6) is 0 Å². The van der Waals surface area contributed by atoms with E-state index < -0.39 is 5.91 Å². The Morgan fingerprint density at radius 1 is 1.05 bits per heavy atom. The normalized spacial score (nSPS) is 10.5. The summed E-state index contributed by atoms with van der Waals surface area (Å²) >= 11 is 0. The average molecular weight is 254 g/mol. The van der Waals surface area contributed by atoms with Crippen LogP contribution in [-0.4, -0.2) is 5.91 Å². The van der Waals surface area contributed by atoms with Gasteiger partial charge in [-0.25, -0.2) is 0 Å². The van der Waals surface area contributed by atoms with E-state index in [2.05, 4.69) is 19.2 Å². The zero-order valence-corrected chi connectivity index (χ0v) is 11.2. The number of amides is 1. The van der Waals surface area contributed by atoms with Gasteiger partial charge in [0.05, 0.1) is 0 Å². The van der Waals surface area contributed by atoms with Crippen molar-refractivity contribution < 1.29 is 4.79 Å². The maximum Gasteiger partial charge on any atom is 0.248 e. The standard InChI is InChI=1S/C16H18N2O/c1-11(2)12-8-13(16(17)19)10-15(9-12)18-14-6-4-3-5-7-14/h3-11,18H,1-2H3,(H2,17,19). The molecule has 0 radical (unpaired) electrons. The lowest BCUT2D eigenvalue weighted by molar-refractivity contribution is 0.1000. The van der Waals surface area contributed by atoms with Crippen LogP contribution in [0.15, 0.2) is 48.5 Å². The van der Waals surface area contributed by atoms with E-state index in [0.29, 0.717) is 11.5 Å². The van der Waals surface area contributed by atoms with E-state index in [4.69, 9.17) is 5.73 Å². The lowest BCUT2D eigenvalue weighted by atomic mass is 9.99. The van der Waals surface area contributed by atoms with E-state index in [1.54, 1.807) is 6.07 Å². The first kappa shape index (κ1) is 13.1. The fourth-order valence-corrected chi connectivity index (χ4v) is 1.89. The summed E-state index contributed by atoms with van der Waals surface area (Å²) in [6, 6.07) is 15.5. The lowest BCUT2D eigenvalue weighted by Crippen LogP contribution is -2.12. The number of nitrogens with one attached hydrogen (secondary N) is 1. The van der Waals surface area contributed by atoms with Gasteiger partial charge in [-0.1, -0.05) is 32.0 Å². The highest BCUT2D eigenvalue weighted by atomic mass is 16.1. The first-order valence-electron chi connectivity index (χ1n) is 6.33. The van der Waals surface area contributed by atoms with Gasteiger partial charge in [-0.15, -0.1) is 0 Å². The van der Waals surface area contributed by atoms with E-state index in [1.807, 2.05) is 42.5 Å². The number of primary amides is 1. The number of carbonyl (C=O) groups excluding carboxylic acids is 1. The van der Waals surface area contributed by atoms with E-state index in [1.165, 1.54) is 0 Å². The minimum atomic E-state index is -0.404. The summed E-state index contributed by atoms with van der Waals surface area (Å²) in [5.74, 6) is -0.0609. The Kier molecular flexibility index (Phi) is 3.85. The van der Waals surface area contributed by atoms with Crippen LogP contribution < -0.4 is 11.1 Å². The number of hydrogen-bond acceptors (Lipinski definition) is 2. The van der Waals surface area contributed by atoms with Gasteiger partial charge in [0.15, 0.2) is 0 Å². The molecule has 19 heavy (non-hydrogen) atoms. The Balaban J connectivity index is 2.36. The third kappa shape index (κ3) is 3.35. The lowest BCUT2D eigenvalue weighted by Gasteiger charge is -2.12. The van der Waals surface area contributed by atoms with Gasteiger partial charge in [0.2, 0.25) is 5.91 Å². The van der Waals surface area contributed by atoms with Crippen LogP contribution in [0.4, 0.5) is 11.4 Å². The maximum atomic E-state index is 11.4. The molecule has 3 nitrogen and oxygen atoms in total. The summed E-state index contributed by atoms with van der Waals surface area (Å²) in [5.41, 5.74) is 8.87. The van der Waals surface area contributed by atoms with Gasteiger partial charge in [0, 0.05) is 16.9 Å². The van der Waals surface area contributed by atoms with Crippen LogP contribution in [0.3, 0.4) is 0 Å². The number of hydrogen-bond donors (Lipinski definition) is 2. The summed E-state index contributed by atoms with van der Waals surface area (Å²) in [6.07, 6.45) is 0. The molecule has 2 aromatic carbocycles. The van der Waals surface area contributed by atoms with Crippen LogP contribution in [0.1, 0.15) is 35.7 Å². The van der Waals surface area contributed by atoms with Crippen LogP contribution in [-0.2, 0) is 0 Å². The third-order valence-corrected chi connectivity index (χ3v) is 2.97. The van der Waals surface area contributed by atoms with Crippen LogP contribution in [0.2, 0.25) is 0 Å². The molecule has 0 saturated carbocycles. The van der Waals surface area contributed by atoms with Crippen molar-refractivity contribution in [3.63, 3.8) is 0 Å². The number of anilines is 2. The smallest absolute Gasteiger partial charge is 0.248 e. The van der Waals surface area contributed by atoms with Crippen LogP contribution >= 0.6 is 0 Å². The molecule has 1 amide bonds. The number of benzene rings is 2. The highest BCUT2D eigenvalue weighted by Crippen LogP contribution is 2.24. The quantitative estimate of drug-likeness (QED) is 0.875. The number of nitrogens with two attached hydrogens (primary N) is 1. The summed E-state index contributed by atoms with van der Waals surface area (Å²) in [4.78, 5) is 11.4. The minimum Gasteiger partial charge on any atom is -0.366 e. The molecule has 0 aliphatic heterocycles. The van der Waals surface area contributed by atoms with Crippen LogP contribution in [0, 0.1) is 0 Å². The molecule has 0 aliphatic carbocycles. The van der Waals surface area contributed by atoms with Gasteiger partial charge in [0.25, 0.3) is 0 Å². The first-order valence-corrected chi connectivity index (χ1v) is 6.33. The molecule has 0 atom stereocenters. The Labute approximate surface area is 113 Å². The fraction of sp³-hybridized carbons (Fsp3) is 0.188. The average Bonchev–Trinajstić information content (AvgIpc) is 2.39. The maximum absolute atomic E-state index is 11.4. The van der Waals surface area contributed by atoms with Crippen LogP contribution in [0.25, 0.3) is 0 Å². The molecule has 0 bridgehead atoms. The van der Waals surface area contributed by atoms with Gasteiger partial charge < -0.3 is 11.1 Å². The molecule has 2 aromatic rings. The number of carbonyl (C=O) groups is 1. The second-order valence-electron chi connectivity index (χ2n) is 4.85.